The third-order valence-electron chi connectivity index (χ3n) is 3.66. The lowest BCUT2D eigenvalue weighted by Crippen LogP contribution is -2.46. The number of carbonyl (C=O) groups is 1. The highest BCUT2D eigenvalue weighted by molar-refractivity contribution is 7.13. The average molecular weight is 283 g/mol. The predicted molar refractivity (Wildman–Crippen MR) is 76.4 cm³/mol. The number of nitrogens with two attached hydrogens (primary N) is 1. The van der Waals surface area contributed by atoms with Crippen LogP contribution in [0.2, 0.25) is 0 Å². The number of amides is 1. The van der Waals surface area contributed by atoms with Gasteiger partial charge >= 0.3 is 0 Å². The molecule has 3 N–H and O–H groups in total. The van der Waals surface area contributed by atoms with Crippen LogP contribution in [0.15, 0.2) is 5.38 Å². The van der Waals surface area contributed by atoms with Gasteiger partial charge in [-0.25, -0.2) is 4.98 Å². The van der Waals surface area contributed by atoms with Gasteiger partial charge in [0.25, 0.3) is 0 Å². The zero-order valence-electron chi connectivity index (χ0n) is 11.4. The van der Waals surface area contributed by atoms with Gasteiger partial charge in [0.05, 0.1) is 11.1 Å². The molecule has 0 atom stereocenters. The Hall–Kier alpha value is -0.980. The molecule has 5 nitrogen and oxygen atoms in total. The Morgan fingerprint density at radius 1 is 1.58 bits per heavy atom. The van der Waals surface area contributed by atoms with Gasteiger partial charge in [0.2, 0.25) is 5.91 Å². The molecule has 0 radical (unpaired) electrons. The first-order valence-corrected chi connectivity index (χ1v) is 7.50. The summed E-state index contributed by atoms with van der Waals surface area (Å²) in [5.74, 6) is 0.344. The monoisotopic (exact) mass is 283 g/mol. The summed E-state index contributed by atoms with van der Waals surface area (Å²) >= 11 is 1.46. The maximum absolute atomic E-state index is 12.4. The molecule has 1 aliphatic rings. The van der Waals surface area contributed by atoms with Gasteiger partial charge in [0.15, 0.2) is 5.13 Å². The van der Waals surface area contributed by atoms with Crippen LogP contribution in [0, 0.1) is 5.41 Å². The molecule has 2 heterocycles. The van der Waals surface area contributed by atoms with Crippen LogP contribution < -0.4 is 11.1 Å². The number of nitrogens with one attached hydrogen (secondary N) is 1. The second kappa shape index (κ2) is 5.98. The second-order valence-electron chi connectivity index (χ2n) is 5.28. The minimum absolute atomic E-state index is 0.0250. The molecule has 0 unspecified atom stereocenters. The van der Waals surface area contributed by atoms with Crippen LogP contribution in [0.3, 0.4) is 0 Å². The normalized spacial score (nSPS) is 18.5. The molecular weight excluding hydrogens is 262 g/mol. The Morgan fingerprint density at radius 3 is 2.79 bits per heavy atom. The fraction of sp³-hybridized carbons (Fsp3) is 0.692. The van der Waals surface area contributed by atoms with Gasteiger partial charge in [-0.05, 0) is 18.8 Å². The Bertz CT molecular complexity index is 439. The minimum Gasteiger partial charge on any atom is -0.381 e. The summed E-state index contributed by atoms with van der Waals surface area (Å²) in [5.41, 5.74) is 6.32. The second-order valence-corrected chi connectivity index (χ2v) is 6.14. The van der Waals surface area contributed by atoms with E-state index >= 15 is 0 Å². The van der Waals surface area contributed by atoms with Crippen LogP contribution in [0.1, 0.15) is 38.3 Å². The molecule has 0 aliphatic carbocycles. The van der Waals surface area contributed by atoms with Gasteiger partial charge in [0, 0.05) is 25.1 Å². The van der Waals surface area contributed by atoms with E-state index in [9.17, 15) is 4.79 Å². The van der Waals surface area contributed by atoms with Crippen molar-refractivity contribution in [3.8, 4) is 0 Å². The van der Waals surface area contributed by atoms with Gasteiger partial charge in [0.1, 0.15) is 0 Å². The van der Waals surface area contributed by atoms with Crippen LogP contribution in [-0.4, -0.2) is 30.6 Å². The minimum atomic E-state index is -0.498. The largest absolute Gasteiger partial charge is 0.381 e. The molecule has 1 amide bonds. The summed E-state index contributed by atoms with van der Waals surface area (Å²) in [6.45, 7) is 5.71. The fourth-order valence-corrected chi connectivity index (χ4v) is 2.99. The quantitative estimate of drug-likeness (QED) is 0.885. The number of ether oxygens (including phenoxy) is 1. The van der Waals surface area contributed by atoms with E-state index in [-0.39, 0.29) is 5.91 Å². The van der Waals surface area contributed by atoms with Crippen LogP contribution in [-0.2, 0) is 9.53 Å². The van der Waals surface area contributed by atoms with Gasteiger partial charge in [-0.3, -0.25) is 4.79 Å². The zero-order chi connectivity index (χ0) is 13.9. The lowest BCUT2D eigenvalue weighted by atomic mass is 9.79. The van der Waals surface area contributed by atoms with Crippen molar-refractivity contribution in [2.75, 3.05) is 25.1 Å². The Balaban J connectivity index is 2.06. The summed E-state index contributed by atoms with van der Waals surface area (Å²) in [6.07, 6.45) is 1.36. The van der Waals surface area contributed by atoms with Crippen molar-refractivity contribution in [3.63, 3.8) is 0 Å². The zero-order valence-corrected chi connectivity index (χ0v) is 12.3. The van der Waals surface area contributed by atoms with E-state index in [4.69, 9.17) is 10.5 Å². The lowest BCUT2D eigenvalue weighted by Gasteiger charge is -2.34. The number of hydrogen-bond acceptors (Lipinski definition) is 5. The summed E-state index contributed by atoms with van der Waals surface area (Å²) in [5, 5.41) is 5.56. The number of nitrogens with zero attached hydrogens (tertiary/aromatic N) is 1. The number of carbonyl (C=O) groups excluding carboxylic acids is 1. The SMILES string of the molecule is CC(C)c1csc(NC(=O)C2(CN)CCOCC2)n1. The standard InChI is InChI=1S/C13H21N3O2S/c1-9(2)10-7-19-12(15-10)16-11(17)13(8-14)3-5-18-6-4-13/h7,9H,3-6,8,14H2,1-2H3,(H,15,16,17). The van der Waals surface area contributed by atoms with E-state index < -0.39 is 5.41 Å². The molecule has 0 saturated carbocycles. The topological polar surface area (TPSA) is 77.2 Å². The lowest BCUT2D eigenvalue weighted by molar-refractivity contribution is -0.130. The van der Waals surface area contributed by atoms with Crippen LogP contribution in [0.5, 0.6) is 0 Å². The molecule has 2 rings (SSSR count). The number of thiazole rings is 1. The van der Waals surface area contributed by atoms with E-state index in [1.165, 1.54) is 11.3 Å². The van der Waals surface area contributed by atoms with Crippen molar-refractivity contribution < 1.29 is 9.53 Å². The molecule has 6 heteroatoms. The molecule has 106 valence electrons. The van der Waals surface area contributed by atoms with E-state index in [2.05, 4.69) is 24.1 Å². The van der Waals surface area contributed by atoms with Crippen molar-refractivity contribution >= 4 is 22.4 Å². The first kappa shape index (κ1) is 14.4. The number of hydrogen-bond donors (Lipinski definition) is 2. The van der Waals surface area contributed by atoms with Crippen molar-refractivity contribution in [1.82, 2.24) is 4.98 Å². The third-order valence-corrected chi connectivity index (χ3v) is 4.43. The first-order valence-electron chi connectivity index (χ1n) is 6.62. The van der Waals surface area contributed by atoms with E-state index in [1.54, 1.807) is 0 Å². The third kappa shape index (κ3) is 3.13. The fourth-order valence-electron chi connectivity index (χ4n) is 2.12. The summed E-state index contributed by atoms with van der Waals surface area (Å²) in [6, 6.07) is 0. The molecule has 1 aromatic rings. The van der Waals surface area contributed by atoms with Gasteiger partial charge in [-0.2, -0.15) is 0 Å². The summed E-state index contributed by atoms with van der Waals surface area (Å²) in [4.78, 5) is 16.8. The van der Waals surface area contributed by atoms with Crippen LogP contribution in [0.25, 0.3) is 0 Å². The molecule has 1 aliphatic heterocycles. The van der Waals surface area contributed by atoms with Crippen molar-refractivity contribution in [3.05, 3.63) is 11.1 Å². The highest BCUT2D eigenvalue weighted by Gasteiger charge is 2.39. The Kier molecular flexibility index (Phi) is 4.54. The van der Waals surface area contributed by atoms with Crippen molar-refractivity contribution in [2.24, 2.45) is 11.1 Å². The highest BCUT2D eigenvalue weighted by atomic mass is 32.1. The molecule has 0 spiro atoms. The maximum Gasteiger partial charge on any atom is 0.233 e. The first-order chi connectivity index (χ1) is 9.07. The van der Waals surface area contributed by atoms with Crippen LogP contribution in [0.4, 0.5) is 5.13 Å². The van der Waals surface area contributed by atoms with Gasteiger partial charge in [-0.1, -0.05) is 13.8 Å². The predicted octanol–water partition coefficient (Wildman–Crippen LogP) is 1.96. The van der Waals surface area contributed by atoms with Crippen LogP contribution >= 0.6 is 11.3 Å². The molecule has 19 heavy (non-hydrogen) atoms. The van der Waals surface area contributed by atoms with E-state index in [0.29, 0.717) is 43.6 Å². The number of aromatic nitrogens is 1. The highest BCUT2D eigenvalue weighted by Crippen LogP contribution is 2.31. The average Bonchev–Trinajstić information content (AvgIpc) is 2.88. The maximum atomic E-state index is 12.4. The smallest absolute Gasteiger partial charge is 0.233 e. The molecule has 0 bridgehead atoms. The summed E-state index contributed by atoms with van der Waals surface area (Å²) < 4.78 is 5.31. The molecular formula is C13H21N3O2S. The summed E-state index contributed by atoms with van der Waals surface area (Å²) in [7, 11) is 0. The Labute approximate surface area is 117 Å². The molecule has 1 aromatic heterocycles. The van der Waals surface area contributed by atoms with E-state index in [0.717, 1.165) is 5.69 Å². The number of rotatable bonds is 4. The molecule has 1 fully saturated rings. The molecule has 1 saturated heterocycles. The van der Waals surface area contributed by atoms with Gasteiger partial charge < -0.3 is 15.8 Å². The Morgan fingerprint density at radius 2 is 2.26 bits per heavy atom. The van der Waals surface area contributed by atoms with Crippen molar-refractivity contribution in [2.45, 2.75) is 32.6 Å². The number of anilines is 1. The van der Waals surface area contributed by atoms with Crippen molar-refractivity contribution in [1.29, 1.82) is 0 Å². The van der Waals surface area contributed by atoms with E-state index in [1.807, 2.05) is 5.38 Å². The molecule has 0 aromatic carbocycles. The van der Waals surface area contributed by atoms with Gasteiger partial charge in [-0.15, -0.1) is 11.3 Å².